The van der Waals surface area contributed by atoms with Crippen molar-refractivity contribution in [1.82, 2.24) is 0 Å². The third-order valence-electron chi connectivity index (χ3n) is 2.27. The quantitative estimate of drug-likeness (QED) is 0.574. The maximum Gasteiger partial charge on any atom is 0.347 e. The fourth-order valence-electron chi connectivity index (χ4n) is 1.47. The molecule has 84 valence electrons. The predicted molar refractivity (Wildman–Crippen MR) is 51.8 cm³/mol. The zero-order valence-electron chi connectivity index (χ0n) is 8.31. The lowest BCUT2D eigenvalue weighted by molar-refractivity contribution is -0.143. The van der Waals surface area contributed by atoms with Crippen LogP contribution in [-0.4, -0.2) is 25.0 Å². The summed E-state index contributed by atoms with van der Waals surface area (Å²) < 4.78 is 23.2. The topological polar surface area (TPSA) is 52.6 Å². The summed E-state index contributed by atoms with van der Waals surface area (Å²) in [5.41, 5.74) is 0.0831. The molecule has 0 bridgehead atoms. The summed E-state index contributed by atoms with van der Waals surface area (Å²) in [5, 5.41) is 0. The van der Waals surface area contributed by atoms with E-state index in [9.17, 15) is 14.0 Å². The molecule has 0 N–H and O–H groups in total. The van der Waals surface area contributed by atoms with E-state index in [-0.39, 0.29) is 17.9 Å². The SMILES string of the molecule is O=Cc1cccc(F)c1OC1CCOC1=O. The van der Waals surface area contributed by atoms with E-state index in [2.05, 4.69) is 4.74 Å². The number of ether oxygens (including phenoxy) is 2. The summed E-state index contributed by atoms with van der Waals surface area (Å²) >= 11 is 0. The Bertz CT molecular complexity index is 430. The van der Waals surface area contributed by atoms with Crippen molar-refractivity contribution in [2.75, 3.05) is 6.61 Å². The lowest BCUT2D eigenvalue weighted by atomic mass is 10.2. The highest BCUT2D eigenvalue weighted by molar-refractivity contribution is 5.81. The summed E-state index contributed by atoms with van der Waals surface area (Å²) in [6.07, 6.45) is 0.0278. The van der Waals surface area contributed by atoms with Crippen LogP contribution in [0.2, 0.25) is 0 Å². The molecule has 4 nitrogen and oxygen atoms in total. The van der Waals surface area contributed by atoms with Crippen molar-refractivity contribution in [3.8, 4) is 5.75 Å². The molecule has 0 aliphatic carbocycles. The second-order valence-electron chi connectivity index (χ2n) is 3.34. The highest BCUT2D eigenvalue weighted by atomic mass is 19.1. The monoisotopic (exact) mass is 224 g/mol. The van der Waals surface area contributed by atoms with E-state index in [0.717, 1.165) is 0 Å². The van der Waals surface area contributed by atoms with Gasteiger partial charge in [0.1, 0.15) is 0 Å². The molecule has 1 aliphatic heterocycles. The lowest BCUT2D eigenvalue weighted by Crippen LogP contribution is -2.22. The minimum atomic E-state index is -0.824. The number of benzene rings is 1. The molecule has 1 aromatic rings. The van der Waals surface area contributed by atoms with Gasteiger partial charge in [0.25, 0.3) is 0 Å². The Hall–Kier alpha value is -1.91. The first-order valence-corrected chi connectivity index (χ1v) is 4.79. The van der Waals surface area contributed by atoms with Gasteiger partial charge in [-0.1, -0.05) is 6.07 Å². The number of hydrogen-bond donors (Lipinski definition) is 0. The molecule has 1 fully saturated rings. The number of aldehydes is 1. The Kier molecular flexibility index (Phi) is 2.85. The van der Waals surface area contributed by atoms with Gasteiger partial charge < -0.3 is 9.47 Å². The van der Waals surface area contributed by atoms with Crippen LogP contribution in [0, 0.1) is 5.82 Å². The summed E-state index contributed by atoms with van der Waals surface area (Å²) in [4.78, 5) is 21.8. The summed E-state index contributed by atoms with van der Waals surface area (Å²) in [6, 6.07) is 3.99. The van der Waals surface area contributed by atoms with Crippen LogP contribution in [0.5, 0.6) is 5.75 Å². The molecular weight excluding hydrogens is 215 g/mol. The Morgan fingerprint density at radius 1 is 1.50 bits per heavy atom. The number of esters is 1. The largest absolute Gasteiger partial charge is 0.475 e. The van der Waals surface area contributed by atoms with Crippen molar-refractivity contribution in [1.29, 1.82) is 0 Å². The van der Waals surface area contributed by atoms with Gasteiger partial charge in [-0.25, -0.2) is 9.18 Å². The number of carbonyl (C=O) groups is 2. The van der Waals surface area contributed by atoms with Gasteiger partial charge in [-0.05, 0) is 12.1 Å². The minimum absolute atomic E-state index is 0.0831. The molecule has 1 atom stereocenters. The highest BCUT2D eigenvalue weighted by Gasteiger charge is 2.29. The fourth-order valence-corrected chi connectivity index (χ4v) is 1.47. The molecule has 0 saturated carbocycles. The van der Waals surface area contributed by atoms with Gasteiger partial charge >= 0.3 is 5.97 Å². The molecule has 5 heteroatoms. The molecule has 1 aromatic carbocycles. The Balaban J connectivity index is 2.26. The van der Waals surface area contributed by atoms with Crippen LogP contribution in [0.25, 0.3) is 0 Å². The standard InChI is InChI=1S/C11H9FO4/c12-8-3-1-2-7(6-13)10(8)16-9-4-5-15-11(9)14/h1-3,6,9H,4-5H2. The molecule has 0 aromatic heterocycles. The number of para-hydroxylation sites is 1. The predicted octanol–water partition coefficient (Wildman–Crippen LogP) is 1.33. The van der Waals surface area contributed by atoms with Gasteiger partial charge in [-0.15, -0.1) is 0 Å². The van der Waals surface area contributed by atoms with Crippen molar-refractivity contribution in [3.63, 3.8) is 0 Å². The second-order valence-corrected chi connectivity index (χ2v) is 3.34. The first kappa shape index (κ1) is 10.6. The zero-order chi connectivity index (χ0) is 11.5. The Morgan fingerprint density at radius 3 is 2.94 bits per heavy atom. The molecule has 0 radical (unpaired) electrons. The summed E-state index contributed by atoms with van der Waals surface area (Å²) in [5.74, 6) is -1.38. The zero-order valence-corrected chi connectivity index (χ0v) is 8.31. The van der Waals surface area contributed by atoms with Crippen LogP contribution in [0.4, 0.5) is 4.39 Å². The summed E-state index contributed by atoms with van der Waals surface area (Å²) in [7, 11) is 0. The molecule has 2 rings (SSSR count). The average Bonchev–Trinajstić information content (AvgIpc) is 2.67. The van der Waals surface area contributed by atoms with Gasteiger partial charge in [-0.3, -0.25) is 4.79 Å². The molecule has 16 heavy (non-hydrogen) atoms. The van der Waals surface area contributed by atoms with Crippen LogP contribution >= 0.6 is 0 Å². The normalized spacial score (nSPS) is 19.3. The van der Waals surface area contributed by atoms with E-state index < -0.39 is 17.9 Å². The summed E-state index contributed by atoms with van der Waals surface area (Å²) in [6.45, 7) is 0.258. The number of halogens is 1. The maximum absolute atomic E-state index is 13.4. The van der Waals surface area contributed by atoms with Crippen LogP contribution < -0.4 is 4.74 Å². The lowest BCUT2D eigenvalue weighted by Gasteiger charge is -2.12. The van der Waals surface area contributed by atoms with Gasteiger partial charge in [-0.2, -0.15) is 0 Å². The van der Waals surface area contributed by atoms with E-state index in [0.29, 0.717) is 12.7 Å². The number of rotatable bonds is 3. The Morgan fingerprint density at radius 2 is 2.31 bits per heavy atom. The number of carbonyl (C=O) groups excluding carboxylic acids is 2. The van der Waals surface area contributed by atoms with Gasteiger partial charge in [0.05, 0.1) is 12.2 Å². The third-order valence-corrected chi connectivity index (χ3v) is 2.27. The van der Waals surface area contributed by atoms with E-state index in [1.807, 2.05) is 0 Å². The van der Waals surface area contributed by atoms with Gasteiger partial charge in [0.2, 0.25) is 0 Å². The van der Waals surface area contributed by atoms with E-state index >= 15 is 0 Å². The number of hydrogen-bond acceptors (Lipinski definition) is 4. The third kappa shape index (κ3) is 1.88. The molecule has 1 unspecified atom stereocenters. The average molecular weight is 224 g/mol. The second kappa shape index (κ2) is 4.30. The molecule has 0 amide bonds. The van der Waals surface area contributed by atoms with Crippen molar-refractivity contribution in [2.24, 2.45) is 0 Å². The van der Waals surface area contributed by atoms with Gasteiger partial charge in [0, 0.05) is 6.42 Å². The van der Waals surface area contributed by atoms with Crippen LogP contribution in [0.3, 0.4) is 0 Å². The Labute approximate surface area is 91.0 Å². The van der Waals surface area contributed by atoms with E-state index in [1.165, 1.54) is 18.2 Å². The smallest absolute Gasteiger partial charge is 0.347 e. The first-order chi connectivity index (χ1) is 7.72. The maximum atomic E-state index is 13.4. The molecule has 1 aliphatic rings. The molecule has 1 heterocycles. The van der Waals surface area contributed by atoms with E-state index in [4.69, 9.17) is 4.74 Å². The van der Waals surface area contributed by atoms with Crippen molar-refractivity contribution < 1.29 is 23.5 Å². The molecular formula is C11H9FO4. The first-order valence-electron chi connectivity index (χ1n) is 4.79. The van der Waals surface area contributed by atoms with Gasteiger partial charge in [0.15, 0.2) is 24.0 Å². The number of cyclic esters (lactones) is 1. The van der Waals surface area contributed by atoms with Crippen molar-refractivity contribution in [2.45, 2.75) is 12.5 Å². The molecule has 0 spiro atoms. The van der Waals surface area contributed by atoms with Crippen LogP contribution in [0.1, 0.15) is 16.8 Å². The molecule has 1 saturated heterocycles. The highest BCUT2D eigenvalue weighted by Crippen LogP contribution is 2.24. The van der Waals surface area contributed by atoms with Crippen molar-refractivity contribution in [3.05, 3.63) is 29.6 Å². The fraction of sp³-hybridized carbons (Fsp3) is 0.273. The minimum Gasteiger partial charge on any atom is -0.475 e. The van der Waals surface area contributed by atoms with Crippen molar-refractivity contribution >= 4 is 12.3 Å². The van der Waals surface area contributed by atoms with Crippen LogP contribution in [-0.2, 0) is 9.53 Å². The van der Waals surface area contributed by atoms with E-state index in [1.54, 1.807) is 0 Å². The van der Waals surface area contributed by atoms with Crippen LogP contribution in [0.15, 0.2) is 18.2 Å².